The highest BCUT2D eigenvalue weighted by atomic mass is 79.9. The van der Waals surface area contributed by atoms with Crippen LogP contribution in [0.3, 0.4) is 0 Å². The van der Waals surface area contributed by atoms with Crippen LogP contribution < -0.4 is 5.56 Å². The third-order valence-electron chi connectivity index (χ3n) is 4.39. The van der Waals surface area contributed by atoms with E-state index >= 15 is 0 Å². The first-order valence-electron chi connectivity index (χ1n) is 9.23. The molecule has 0 atom stereocenters. The van der Waals surface area contributed by atoms with Crippen LogP contribution in [-0.2, 0) is 6.42 Å². The zero-order valence-corrected chi connectivity index (χ0v) is 18.2. The van der Waals surface area contributed by atoms with E-state index < -0.39 is 0 Å². The summed E-state index contributed by atoms with van der Waals surface area (Å²) in [5.74, 6) is 0.634. The second kappa shape index (κ2) is 8.76. The van der Waals surface area contributed by atoms with E-state index in [9.17, 15) is 4.79 Å². The molecule has 0 spiro atoms. The standard InChI is InChI=1S/C23H18BrN3OS/c1-2-22-26-20-13-12-17(24)14-19(20)23(28)27(22)25-15-16-8-6-7-11-21(16)29-18-9-4-3-5-10-18/h3-15H,2H2,1H3. The molecule has 4 aromatic rings. The number of rotatable bonds is 5. The highest BCUT2D eigenvalue weighted by Crippen LogP contribution is 2.29. The second-order valence-electron chi connectivity index (χ2n) is 6.36. The molecule has 0 amide bonds. The molecule has 0 aliphatic rings. The van der Waals surface area contributed by atoms with Gasteiger partial charge in [-0.3, -0.25) is 4.79 Å². The van der Waals surface area contributed by atoms with Crippen LogP contribution in [0.2, 0.25) is 0 Å². The fourth-order valence-electron chi connectivity index (χ4n) is 2.96. The molecule has 1 heterocycles. The lowest BCUT2D eigenvalue weighted by Gasteiger charge is -2.09. The Labute approximate surface area is 181 Å². The Kier molecular flexibility index (Phi) is 5.92. The largest absolute Gasteiger partial charge is 0.282 e. The van der Waals surface area contributed by atoms with Crippen LogP contribution in [0.4, 0.5) is 0 Å². The van der Waals surface area contributed by atoms with Crippen molar-refractivity contribution in [3.8, 4) is 0 Å². The minimum atomic E-state index is -0.169. The summed E-state index contributed by atoms with van der Waals surface area (Å²) in [6.07, 6.45) is 2.34. The molecule has 3 aromatic carbocycles. The highest BCUT2D eigenvalue weighted by molar-refractivity contribution is 9.10. The van der Waals surface area contributed by atoms with Gasteiger partial charge in [0.25, 0.3) is 5.56 Å². The summed E-state index contributed by atoms with van der Waals surface area (Å²) in [7, 11) is 0. The van der Waals surface area contributed by atoms with Crippen LogP contribution >= 0.6 is 27.7 Å². The van der Waals surface area contributed by atoms with Gasteiger partial charge in [0.05, 0.1) is 17.1 Å². The van der Waals surface area contributed by atoms with Gasteiger partial charge in [0, 0.05) is 26.2 Å². The summed E-state index contributed by atoms with van der Waals surface area (Å²) >= 11 is 5.09. The number of benzene rings is 3. The Hall–Kier alpha value is -2.70. The molecule has 0 N–H and O–H groups in total. The van der Waals surface area contributed by atoms with E-state index in [0.717, 1.165) is 19.8 Å². The first kappa shape index (κ1) is 19.6. The van der Waals surface area contributed by atoms with Gasteiger partial charge in [0.1, 0.15) is 5.82 Å². The second-order valence-corrected chi connectivity index (χ2v) is 8.39. The van der Waals surface area contributed by atoms with Gasteiger partial charge in [-0.1, -0.05) is 71.0 Å². The fourth-order valence-corrected chi connectivity index (χ4v) is 4.25. The zero-order valence-electron chi connectivity index (χ0n) is 15.7. The lowest BCUT2D eigenvalue weighted by atomic mass is 10.2. The van der Waals surface area contributed by atoms with Crippen molar-refractivity contribution in [2.75, 3.05) is 0 Å². The average molecular weight is 464 g/mol. The molecular weight excluding hydrogens is 446 g/mol. The van der Waals surface area contributed by atoms with Crippen LogP contribution in [0.1, 0.15) is 18.3 Å². The van der Waals surface area contributed by atoms with Crippen molar-refractivity contribution < 1.29 is 0 Å². The summed E-state index contributed by atoms with van der Waals surface area (Å²) in [6, 6.07) is 23.7. The van der Waals surface area contributed by atoms with E-state index in [1.54, 1.807) is 24.0 Å². The molecule has 29 heavy (non-hydrogen) atoms. The molecule has 0 radical (unpaired) electrons. The Morgan fingerprint density at radius 2 is 1.83 bits per heavy atom. The van der Waals surface area contributed by atoms with E-state index in [2.05, 4.69) is 44.2 Å². The average Bonchev–Trinajstić information content (AvgIpc) is 2.75. The molecule has 0 fully saturated rings. The van der Waals surface area contributed by atoms with Crippen LogP contribution in [0.25, 0.3) is 10.9 Å². The maximum atomic E-state index is 13.0. The SMILES string of the molecule is CCc1nc2ccc(Br)cc2c(=O)n1N=Cc1ccccc1Sc1ccccc1. The smallest absolute Gasteiger partial charge is 0.267 e. The van der Waals surface area contributed by atoms with E-state index in [-0.39, 0.29) is 5.56 Å². The first-order valence-corrected chi connectivity index (χ1v) is 10.8. The monoisotopic (exact) mass is 463 g/mol. The molecule has 6 heteroatoms. The Morgan fingerprint density at radius 1 is 1.07 bits per heavy atom. The summed E-state index contributed by atoms with van der Waals surface area (Å²) < 4.78 is 2.24. The molecule has 4 nitrogen and oxygen atoms in total. The van der Waals surface area contributed by atoms with Gasteiger partial charge in [-0.2, -0.15) is 9.78 Å². The van der Waals surface area contributed by atoms with E-state index in [0.29, 0.717) is 23.1 Å². The molecule has 0 saturated carbocycles. The summed E-state index contributed by atoms with van der Waals surface area (Å²) in [6.45, 7) is 1.97. The highest BCUT2D eigenvalue weighted by Gasteiger charge is 2.10. The number of nitrogens with zero attached hydrogens (tertiary/aromatic N) is 3. The third kappa shape index (κ3) is 4.33. The van der Waals surface area contributed by atoms with Crippen LogP contribution in [0.15, 0.2) is 97.0 Å². The minimum Gasteiger partial charge on any atom is -0.267 e. The molecule has 144 valence electrons. The number of hydrogen-bond acceptors (Lipinski definition) is 4. The van der Waals surface area contributed by atoms with Crippen molar-refractivity contribution in [3.63, 3.8) is 0 Å². The van der Waals surface area contributed by atoms with Crippen molar-refractivity contribution in [2.24, 2.45) is 5.10 Å². The van der Waals surface area contributed by atoms with E-state index in [4.69, 9.17) is 0 Å². The van der Waals surface area contributed by atoms with Crippen molar-refractivity contribution in [1.82, 2.24) is 9.66 Å². The normalized spacial score (nSPS) is 11.4. The number of hydrogen-bond donors (Lipinski definition) is 0. The third-order valence-corrected chi connectivity index (χ3v) is 5.99. The Morgan fingerprint density at radius 3 is 2.62 bits per heavy atom. The summed E-state index contributed by atoms with van der Waals surface area (Å²) in [4.78, 5) is 19.9. The first-order chi connectivity index (χ1) is 14.2. The summed E-state index contributed by atoms with van der Waals surface area (Å²) in [5.41, 5.74) is 1.46. The van der Waals surface area contributed by atoms with Gasteiger partial charge in [0.2, 0.25) is 0 Å². The molecule has 4 rings (SSSR count). The zero-order chi connectivity index (χ0) is 20.2. The van der Waals surface area contributed by atoms with Crippen LogP contribution in [-0.4, -0.2) is 15.9 Å². The lowest BCUT2D eigenvalue weighted by molar-refractivity contribution is 0.734. The summed E-state index contributed by atoms with van der Waals surface area (Å²) in [5, 5.41) is 5.06. The predicted molar refractivity (Wildman–Crippen MR) is 123 cm³/mol. The van der Waals surface area contributed by atoms with Crippen LogP contribution in [0, 0.1) is 0 Å². The maximum Gasteiger partial charge on any atom is 0.282 e. The Balaban J connectivity index is 1.76. The quantitative estimate of drug-likeness (QED) is 0.353. The molecule has 0 aliphatic carbocycles. The van der Waals surface area contributed by atoms with Crippen molar-refractivity contribution in [1.29, 1.82) is 0 Å². The van der Waals surface area contributed by atoms with Gasteiger partial charge >= 0.3 is 0 Å². The van der Waals surface area contributed by atoms with Gasteiger partial charge in [0.15, 0.2) is 0 Å². The molecule has 0 bridgehead atoms. The van der Waals surface area contributed by atoms with Crippen molar-refractivity contribution in [3.05, 3.63) is 99.0 Å². The van der Waals surface area contributed by atoms with E-state index in [1.165, 1.54) is 4.68 Å². The molecule has 0 saturated heterocycles. The van der Waals surface area contributed by atoms with Gasteiger partial charge in [-0.15, -0.1) is 0 Å². The van der Waals surface area contributed by atoms with Crippen molar-refractivity contribution >= 4 is 44.8 Å². The Bertz CT molecular complexity index is 1250. The van der Waals surface area contributed by atoms with Gasteiger partial charge in [-0.05, 0) is 36.4 Å². The molecule has 1 aromatic heterocycles. The number of fused-ring (bicyclic) bond motifs is 1. The topological polar surface area (TPSA) is 47.2 Å². The van der Waals surface area contributed by atoms with Crippen LogP contribution in [0.5, 0.6) is 0 Å². The predicted octanol–water partition coefficient (Wildman–Crippen LogP) is 5.75. The minimum absolute atomic E-state index is 0.169. The molecule has 0 aliphatic heterocycles. The lowest BCUT2D eigenvalue weighted by Crippen LogP contribution is -2.22. The van der Waals surface area contributed by atoms with E-state index in [1.807, 2.05) is 55.5 Å². The number of aryl methyl sites for hydroxylation is 1. The van der Waals surface area contributed by atoms with Gasteiger partial charge < -0.3 is 0 Å². The number of aromatic nitrogens is 2. The molecular formula is C23H18BrN3OS. The molecule has 0 unspecified atom stereocenters. The van der Waals surface area contributed by atoms with Crippen molar-refractivity contribution in [2.45, 2.75) is 23.1 Å². The maximum absolute atomic E-state index is 13.0. The number of halogens is 1. The fraction of sp³-hybridized carbons (Fsp3) is 0.0870. The van der Waals surface area contributed by atoms with Gasteiger partial charge in [-0.25, -0.2) is 4.98 Å².